The Balaban J connectivity index is 1.81. The van der Waals surface area contributed by atoms with Crippen molar-refractivity contribution in [3.05, 3.63) is 0 Å². The van der Waals surface area contributed by atoms with Gasteiger partial charge in [0.15, 0.2) is 0 Å². The third-order valence-corrected chi connectivity index (χ3v) is 2.34. The number of nitrogens with one attached hydrogen (secondary N) is 1. The average Bonchev–Trinajstić information content (AvgIpc) is 1.77. The maximum atomic E-state index is 11.8. The van der Waals surface area contributed by atoms with Crippen molar-refractivity contribution < 1.29 is 13.2 Å². The fraction of sp³-hybridized carbons (Fsp3) is 1.00. The van der Waals surface area contributed by atoms with Crippen LogP contribution in [0.3, 0.4) is 0 Å². The van der Waals surface area contributed by atoms with E-state index in [1.165, 1.54) is 4.90 Å². The van der Waals surface area contributed by atoms with Gasteiger partial charge in [-0.05, 0) is 0 Å². The van der Waals surface area contributed by atoms with E-state index in [1.54, 1.807) is 0 Å². The Kier molecular flexibility index (Phi) is 1.41. The van der Waals surface area contributed by atoms with Gasteiger partial charge in [-0.25, -0.2) is 0 Å². The highest BCUT2D eigenvalue weighted by atomic mass is 19.4. The molecule has 11 heavy (non-hydrogen) atoms. The molecule has 2 atom stereocenters. The van der Waals surface area contributed by atoms with Crippen LogP contribution in [0, 0.1) is 0 Å². The topological polar surface area (TPSA) is 15.3 Å². The van der Waals surface area contributed by atoms with E-state index in [-0.39, 0.29) is 6.04 Å². The molecule has 1 N–H and O–H groups in total. The van der Waals surface area contributed by atoms with Gasteiger partial charge in [0.05, 0.1) is 6.54 Å². The first kappa shape index (κ1) is 7.36. The molecule has 0 radical (unpaired) electrons. The van der Waals surface area contributed by atoms with Crippen molar-refractivity contribution in [2.45, 2.75) is 18.3 Å². The summed E-state index contributed by atoms with van der Waals surface area (Å²) < 4.78 is 35.4. The molecule has 2 saturated heterocycles. The first-order valence-corrected chi connectivity index (χ1v) is 3.60. The molecule has 2 aliphatic rings. The highest BCUT2D eigenvalue weighted by Gasteiger charge is 2.48. The summed E-state index contributed by atoms with van der Waals surface area (Å²) in [5, 5.41) is 3.05. The van der Waals surface area contributed by atoms with Gasteiger partial charge in [0, 0.05) is 25.2 Å². The summed E-state index contributed by atoms with van der Waals surface area (Å²) in [6.45, 7) is 0.542. The number of halogens is 3. The van der Waals surface area contributed by atoms with Crippen LogP contribution in [-0.4, -0.2) is 42.8 Å². The molecule has 2 aliphatic heterocycles. The fourth-order valence-corrected chi connectivity index (χ4v) is 1.62. The van der Waals surface area contributed by atoms with Crippen LogP contribution in [0.4, 0.5) is 13.2 Å². The van der Waals surface area contributed by atoms with E-state index in [0.717, 1.165) is 6.54 Å². The van der Waals surface area contributed by atoms with Gasteiger partial charge in [-0.15, -0.1) is 0 Å². The fourth-order valence-electron chi connectivity index (χ4n) is 1.62. The number of fused-ring (bicyclic) bond motifs is 1. The van der Waals surface area contributed by atoms with Crippen molar-refractivity contribution in [3.63, 3.8) is 0 Å². The Morgan fingerprint density at radius 2 is 2.18 bits per heavy atom. The Hall–Kier alpha value is -0.290. The van der Waals surface area contributed by atoms with E-state index in [2.05, 4.69) is 5.32 Å². The molecular formula is C6H9F3N2. The maximum Gasteiger partial charge on any atom is 0.401 e. The minimum absolute atomic E-state index is 0.164. The van der Waals surface area contributed by atoms with Gasteiger partial charge in [0.2, 0.25) is 0 Å². The van der Waals surface area contributed by atoms with E-state index in [0.29, 0.717) is 12.6 Å². The normalized spacial score (nSPS) is 37.4. The lowest BCUT2D eigenvalue weighted by atomic mass is 9.89. The second-order valence-electron chi connectivity index (χ2n) is 3.13. The van der Waals surface area contributed by atoms with Gasteiger partial charge in [-0.2, -0.15) is 13.2 Å². The number of likely N-dealkylation sites (tertiary alicyclic amines) is 1. The molecule has 2 heterocycles. The molecular weight excluding hydrogens is 157 g/mol. The molecule has 0 aromatic rings. The molecule has 2 unspecified atom stereocenters. The number of nitrogens with zero attached hydrogens (tertiary/aromatic N) is 1. The molecule has 64 valence electrons. The smallest absolute Gasteiger partial charge is 0.310 e. The van der Waals surface area contributed by atoms with Crippen molar-refractivity contribution in [2.75, 3.05) is 19.6 Å². The van der Waals surface area contributed by atoms with Gasteiger partial charge in [-0.1, -0.05) is 0 Å². The summed E-state index contributed by atoms with van der Waals surface area (Å²) in [7, 11) is 0. The summed E-state index contributed by atoms with van der Waals surface area (Å²) in [4.78, 5) is 1.47. The van der Waals surface area contributed by atoms with Crippen LogP contribution in [0.5, 0.6) is 0 Å². The standard InChI is InChI=1S/C6H9F3N2/c7-6(8,9)3-11-2-4-5(11)1-10-4/h4-5,10H,1-3H2. The second kappa shape index (κ2) is 2.10. The molecule has 0 aliphatic carbocycles. The van der Waals surface area contributed by atoms with Gasteiger partial charge in [-0.3, -0.25) is 4.90 Å². The third kappa shape index (κ3) is 1.22. The maximum absolute atomic E-state index is 11.8. The summed E-state index contributed by atoms with van der Waals surface area (Å²) >= 11 is 0. The van der Waals surface area contributed by atoms with Crippen LogP contribution in [0.25, 0.3) is 0 Å². The lowest BCUT2D eigenvalue weighted by Crippen LogP contribution is -2.78. The Morgan fingerprint density at radius 1 is 1.45 bits per heavy atom. The molecule has 0 aromatic heterocycles. The number of hydrogen-bond acceptors (Lipinski definition) is 2. The first-order chi connectivity index (χ1) is 5.06. The molecule has 2 nitrogen and oxygen atoms in total. The molecule has 0 aromatic carbocycles. The summed E-state index contributed by atoms with van der Waals surface area (Å²) in [5.41, 5.74) is 0. The molecule has 2 rings (SSSR count). The van der Waals surface area contributed by atoms with Crippen molar-refractivity contribution in [2.24, 2.45) is 0 Å². The van der Waals surface area contributed by atoms with Gasteiger partial charge < -0.3 is 5.32 Å². The largest absolute Gasteiger partial charge is 0.401 e. The Labute approximate surface area is 62.4 Å². The minimum Gasteiger partial charge on any atom is -0.310 e. The summed E-state index contributed by atoms with van der Waals surface area (Å²) in [6, 6.07) is 0.508. The van der Waals surface area contributed by atoms with Crippen molar-refractivity contribution in [3.8, 4) is 0 Å². The van der Waals surface area contributed by atoms with Crippen LogP contribution in [0.15, 0.2) is 0 Å². The first-order valence-electron chi connectivity index (χ1n) is 3.60. The second-order valence-corrected chi connectivity index (χ2v) is 3.13. The third-order valence-electron chi connectivity index (χ3n) is 2.34. The molecule has 0 saturated carbocycles. The van der Waals surface area contributed by atoms with Crippen LogP contribution < -0.4 is 5.32 Å². The molecule has 0 bridgehead atoms. The lowest BCUT2D eigenvalue weighted by Gasteiger charge is -2.56. The van der Waals surface area contributed by atoms with E-state index in [1.807, 2.05) is 0 Å². The predicted molar refractivity (Wildman–Crippen MR) is 33.2 cm³/mol. The quantitative estimate of drug-likeness (QED) is 0.598. The highest BCUT2D eigenvalue weighted by Crippen LogP contribution is 2.28. The van der Waals surface area contributed by atoms with E-state index in [9.17, 15) is 13.2 Å². The van der Waals surface area contributed by atoms with Gasteiger partial charge >= 0.3 is 6.18 Å². The van der Waals surface area contributed by atoms with Crippen LogP contribution in [-0.2, 0) is 0 Å². The zero-order chi connectivity index (χ0) is 8.06. The lowest BCUT2D eigenvalue weighted by molar-refractivity contribution is -0.175. The highest BCUT2D eigenvalue weighted by molar-refractivity contribution is 5.06. The number of piperazine rings is 1. The van der Waals surface area contributed by atoms with Crippen LogP contribution in [0.2, 0.25) is 0 Å². The molecule has 2 fully saturated rings. The molecule has 5 heteroatoms. The van der Waals surface area contributed by atoms with E-state index >= 15 is 0 Å². The summed E-state index contributed by atoms with van der Waals surface area (Å²) in [5.74, 6) is 0. The van der Waals surface area contributed by atoms with E-state index in [4.69, 9.17) is 0 Å². The van der Waals surface area contributed by atoms with Crippen LogP contribution >= 0.6 is 0 Å². The minimum atomic E-state index is -4.03. The Morgan fingerprint density at radius 3 is 2.45 bits per heavy atom. The average molecular weight is 166 g/mol. The van der Waals surface area contributed by atoms with Crippen molar-refractivity contribution in [1.82, 2.24) is 10.2 Å². The monoisotopic (exact) mass is 166 g/mol. The van der Waals surface area contributed by atoms with Crippen molar-refractivity contribution in [1.29, 1.82) is 0 Å². The Bertz CT molecular complexity index is 168. The van der Waals surface area contributed by atoms with Gasteiger partial charge in [0.1, 0.15) is 0 Å². The zero-order valence-corrected chi connectivity index (χ0v) is 5.86. The number of hydrogen-bond donors (Lipinski definition) is 1. The van der Waals surface area contributed by atoms with E-state index < -0.39 is 12.7 Å². The molecule has 0 spiro atoms. The predicted octanol–water partition coefficient (Wildman–Crippen LogP) is 0.205. The zero-order valence-electron chi connectivity index (χ0n) is 5.86. The summed E-state index contributed by atoms with van der Waals surface area (Å²) in [6.07, 6.45) is -4.03. The molecule has 0 amide bonds. The van der Waals surface area contributed by atoms with Crippen LogP contribution in [0.1, 0.15) is 0 Å². The number of rotatable bonds is 1. The SMILES string of the molecule is FC(F)(F)CN1CC2NCC21. The van der Waals surface area contributed by atoms with Crippen molar-refractivity contribution >= 4 is 0 Å². The number of alkyl halides is 3. The van der Waals surface area contributed by atoms with Gasteiger partial charge in [0.25, 0.3) is 0 Å².